The van der Waals surface area contributed by atoms with Crippen LogP contribution in [-0.2, 0) is 4.79 Å². The zero-order valence-corrected chi connectivity index (χ0v) is 16.9. The first kappa shape index (κ1) is 19.5. The van der Waals surface area contributed by atoms with Crippen molar-refractivity contribution in [2.24, 2.45) is 0 Å². The van der Waals surface area contributed by atoms with Crippen LogP contribution in [0.4, 0.5) is 5.69 Å². The third-order valence-electron chi connectivity index (χ3n) is 4.65. The number of rotatable bonds is 6. The molecule has 5 nitrogen and oxygen atoms in total. The van der Waals surface area contributed by atoms with Crippen molar-refractivity contribution in [3.63, 3.8) is 0 Å². The van der Waals surface area contributed by atoms with E-state index in [0.717, 1.165) is 39.0 Å². The van der Waals surface area contributed by atoms with Crippen LogP contribution in [-0.4, -0.2) is 19.6 Å². The van der Waals surface area contributed by atoms with E-state index in [2.05, 4.69) is 5.32 Å². The minimum atomic E-state index is -0.203. The molecule has 1 heterocycles. The molecule has 0 aliphatic carbocycles. The van der Waals surface area contributed by atoms with Crippen LogP contribution in [0.1, 0.15) is 30.5 Å². The lowest BCUT2D eigenvalue weighted by Crippen LogP contribution is -2.08. The zero-order valence-electron chi connectivity index (χ0n) is 16.9. The Hall–Kier alpha value is -3.21. The molecule has 0 aliphatic heterocycles. The number of fused-ring (bicyclic) bond motifs is 1. The minimum Gasteiger partial charge on any atom is -0.496 e. The van der Waals surface area contributed by atoms with Gasteiger partial charge in [-0.05, 0) is 69.2 Å². The smallest absolute Gasteiger partial charge is 0.248 e. The summed E-state index contributed by atoms with van der Waals surface area (Å²) in [6.07, 6.45) is 3.31. The van der Waals surface area contributed by atoms with Crippen LogP contribution < -0.4 is 14.8 Å². The molecule has 1 amide bonds. The van der Waals surface area contributed by atoms with E-state index in [-0.39, 0.29) is 5.91 Å². The molecule has 1 N–H and O–H groups in total. The lowest BCUT2D eigenvalue weighted by Gasteiger charge is -2.13. The zero-order chi connectivity index (χ0) is 20.3. The number of carbonyl (C=O) groups excluding carboxylic acids is 1. The normalized spacial score (nSPS) is 11.5. The van der Waals surface area contributed by atoms with E-state index >= 15 is 0 Å². The maximum absolute atomic E-state index is 12.5. The van der Waals surface area contributed by atoms with E-state index in [4.69, 9.17) is 13.9 Å². The second-order valence-electron chi connectivity index (χ2n) is 6.65. The fourth-order valence-electron chi connectivity index (χ4n) is 3.25. The van der Waals surface area contributed by atoms with E-state index < -0.39 is 0 Å². The first-order valence-corrected chi connectivity index (χ1v) is 9.22. The summed E-state index contributed by atoms with van der Waals surface area (Å²) in [5.41, 5.74) is 5.17. The summed E-state index contributed by atoms with van der Waals surface area (Å²) in [5, 5.41) is 3.90. The molecule has 146 valence electrons. The number of benzene rings is 2. The third kappa shape index (κ3) is 3.88. The Morgan fingerprint density at radius 3 is 2.57 bits per heavy atom. The molecule has 0 unspecified atom stereocenters. The summed E-state index contributed by atoms with van der Waals surface area (Å²) in [6, 6.07) is 9.31. The van der Waals surface area contributed by atoms with Crippen LogP contribution in [0.25, 0.3) is 16.5 Å². The molecule has 2 aromatic carbocycles. The number of anilines is 1. The topological polar surface area (TPSA) is 60.7 Å². The average Bonchev–Trinajstić information content (AvgIpc) is 3.04. The second kappa shape index (κ2) is 8.21. The van der Waals surface area contributed by atoms with Gasteiger partial charge in [0, 0.05) is 28.3 Å². The van der Waals surface area contributed by atoms with Gasteiger partial charge in [-0.1, -0.05) is 0 Å². The number of allylic oxidation sites excluding steroid dienone is 1. The Kier molecular flexibility index (Phi) is 5.73. The fourth-order valence-corrected chi connectivity index (χ4v) is 3.25. The monoisotopic (exact) mass is 379 g/mol. The molecule has 0 saturated carbocycles. The standard InChI is InChI=1S/C23H25NO4/c1-6-27-18-9-7-17(8-10-18)24-21(25)11-14(2)19-12-20-15(3)13-28-23(20)16(4)22(19)26-5/h7-13H,6H2,1-5H3,(H,24,25)/b14-11+. The van der Waals surface area contributed by atoms with E-state index in [0.29, 0.717) is 18.0 Å². The average molecular weight is 379 g/mol. The van der Waals surface area contributed by atoms with Crippen molar-refractivity contribution in [3.8, 4) is 11.5 Å². The number of furan rings is 1. The number of carbonyl (C=O) groups is 1. The Labute approximate surface area is 164 Å². The van der Waals surface area contributed by atoms with Crippen LogP contribution in [0.15, 0.2) is 47.1 Å². The van der Waals surface area contributed by atoms with Gasteiger partial charge < -0.3 is 19.2 Å². The van der Waals surface area contributed by atoms with Gasteiger partial charge in [0.25, 0.3) is 0 Å². The van der Waals surface area contributed by atoms with E-state index in [9.17, 15) is 4.79 Å². The number of nitrogens with one attached hydrogen (secondary N) is 1. The van der Waals surface area contributed by atoms with Crippen molar-refractivity contribution in [2.45, 2.75) is 27.7 Å². The molecule has 0 spiro atoms. The maximum atomic E-state index is 12.5. The lowest BCUT2D eigenvalue weighted by atomic mass is 9.98. The van der Waals surface area contributed by atoms with E-state index in [1.807, 2.05) is 58.0 Å². The molecule has 0 saturated heterocycles. The highest BCUT2D eigenvalue weighted by Crippen LogP contribution is 2.37. The molecule has 0 atom stereocenters. The van der Waals surface area contributed by atoms with Gasteiger partial charge in [0.1, 0.15) is 17.1 Å². The molecule has 3 aromatic rings. The number of amides is 1. The number of hydrogen-bond acceptors (Lipinski definition) is 4. The van der Waals surface area contributed by atoms with Crippen LogP contribution in [0, 0.1) is 13.8 Å². The number of methoxy groups -OCH3 is 1. The van der Waals surface area contributed by atoms with Crippen molar-refractivity contribution in [1.82, 2.24) is 0 Å². The quantitative estimate of drug-likeness (QED) is 0.575. The Balaban J connectivity index is 1.88. The van der Waals surface area contributed by atoms with Gasteiger partial charge in [0.15, 0.2) is 0 Å². The Morgan fingerprint density at radius 1 is 1.21 bits per heavy atom. The molecular formula is C23H25NO4. The van der Waals surface area contributed by atoms with Gasteiger partial charge in [-0.2, -0.15) is 0 Å². The summed E-state index contributed by atoms with van der Waals surface area (Å²) in [6.45, 7) is 8.40. The first-order valence-electron chi connectivity index (χ1n) is 9.22. The lowest BCUT2D eigenvalue weighted by molar-refractivity contribution is -0.111. The highest BCUT2D eigenvalue weighted by molar-refractivity contribution is 6.05. The summed E-state index contributed by atoms with van der Waals surface area (Å²) in [7, 11) is 1.63. The summed E-state index contributed by atoms with van der Waals surface area (Å²) < 4.78 is 16.7. The summed E-state index contributed by atoms with van der Waals surface area (Å²) in [5.74, 6) is 1.28. The molecule has 0 aliphatic rings. The fraction of sp³-hybridized carbons (Fsp3) is 0.261. The molecule has 1 aromatic heterocycles. The minimum absolute atomic E-state index is 0.203. The highest BCUT2D eigenvalue weighted by atomic mass is 16.5. The number of hydrogen-bond donors (Lipinski definition) is 1. The Bertz CT molecular complexity index is 1030. The van der Waals surface area contributed by atoms with Gasteiger partial charge in [-0.15, -0.1) is 0 Å². The predicted octanol–water partition coefficient (Wildman–Crippen LogP) is 5.50. The first-order chi connectivity index (χ1) is 13.4. The van der Waals surface area contributed by atoms with Gasteiger partial charge >= 0.3 is 0 Å². The van der Waals surface area contributed by atoms with Gasteiger partial charge in [0.2, 0.25) is 5.91 Å². The van der Waals surface area contributed by atoms with Crippen molar-refractivity contribution < 1.29 is 18.7 Å². The summed E-state index contributed by atoms with van der Waals surface area (Å²) in [4.78, 5) is 12.5. The van der Waals surface area contributed by atoms with Crippen LogP contribution in [0.3, 0.4) is 0 Å². The van der Waals surface area contributed by atoms with Crippen LogP contribution in [0.5, 0.6) is 11.5 Å². The van der Waals surface area contributed by atoms with Crippen molar-refractivity contribution >= 4 is 28.1 Å². The summed E-state index contributed by atoms with van der Waals surface area (Å²) >= 11 is 0. The van der Waals surface area contributed by atoms with Gasteiger partial charge in [0.05, 0.1) is 20.0 Å². The second-order valence-corrected chi connectivity index (χ2v) is 6.65. The Morgan fingerprint density at radius 2 is 1.93 bits per heavy atom. The molecule has 0 fully saturated rings. The van der Waals surface area contributed by atoms with E-state index in [1.54, 1.807) is 19.4 Å². The van der Waals surface area contributed by atoms with E-state index in [1.165, 1.54) is 0 Å². The van der Waals surface area contributed by atoms with Crippen molar-refractivity contribution in [1.29, 1.82) is 0 Å². The predicted molar refractivity (Wildman–Crippen MR) is 112 cm³/mol. The van der Waals surface area contributed by atoms with Crippen molar-refractivity contribution in [2.75, 3.05) is 19.0 Å². The largest absolute Gasteiger partial charge is 0.496 e. The number of ether oxygens (including phenoxy) is 2. The molecule has 5 heteroatoms. The molecular weight excluding hydrogens is 354 g/mol. The van der Waals surface area contributed by atoms with Gasteiger partial charge in [-0.25, -0.2) is 0 Å². The molecule has 0 radical (unpaired) electrons. The van der Waals surface area contributed by atoms with Crippen LogP contribution in [0.2, 0.25) is 0 Å². The van der Waals surface area contributed by atoms with Gasteiger partial charge in [-0.3, -0.25) is 4.79 Å². The third-order valence-corrected chi connectivity index (χ3v) is 4.65. The van der Waals surface area contributed by atoms with Crippen LogP contribution >= 0.6 is 0 Å². The van der Waals surface area contributed by atoms with Crippen molar-refractivity contribution in [3.05, 3.63) is 59.4 Å². The molecule has 28 heavy (non-hydrogen) atoms. The highest BCUT2D eigenvalue weighted by Gasteiger charge is 2.16. The molecule has 3 rings (SSSR count). The molecule has 0 bridgehead atoms. The SMILES string of the molecule is CCOc1ccc(NC(=O)/C=C(\C)c2cc3c(C)coc3c(C)c2OC)cc1. The maximum Gasteiger partial charge on any atom is 0.248 e. The number of aryl methyl sites for hydroxylation is 2.